The minimum absolute atomic E-state index is 0.0215. The van der Waals surface area contributed by atoms with Crippen LogP contribution in [-0.2, 0) is 4.74 Å². The smallest absolute Gasteiger partial charge is 0.0782 e. The number of hydrogen-bond donors (Lipinski definition) is 2. The van der Waals surface area contributed by atoms with Crippen molar-refractivity contribution in [2.45, 2.75) is 25.5 Å². The van der Waals surface area contributed by atoms with Crippen LogP contribution in [-0.4, -0.2) is 25.3 Å². The summed E-state index contributed by atoms with van der Waals surface area (Å²) in [6.45, 7) is 4.52. The maximum atomic E-state index is 5.83. The van der Waals surface area contributed by atoms with Crippen LogP contribution in [0.1, 0.15) is 13.8 Å². The third kappa shape index (κ3) is 3.11. The molecule has 0 spiro atoms. The van der Waals surface area contributed by atoms with Crippen LogP contribution in [0.2, 0.25) is 5.02 Å². The fraction of sp³-hybridized carbons (Fsp3) is 0.500. The van der Waals surface area contributed by atoms with Crippen LogP contribution in [0.5, 0.6) is 0 Å². The highest BCUT2D eigenvalue weighted by atomic mass is 35.5. The molecule has 1 rings (SSSR count). The van der Waals surface area contributed by atoms with Gasteiger partial charge in [-0.2, -0.15) is 0 Å². The Labute approximate surface area is 102 Å². The first kappa shape index (κ1) is 13.3. The maximum absolute atomic E-state index is 5.83. The van der Waals surface area contributed by atoms with Gasteiger partial charge in [-0.1, -0.05) is 11.6 Å². The predicted octanol–water partition coefficient (Wildman–Crippen LogP) is 2.50. The van der Waals surface area contributed by atoms with Crippen LogP contribution in [0.4, 0.5) is 5.69 Å². The van der Waals surface area contributed by atoms with Crippen molar-refractivity contribution in [3.05, 3.63) is 29.3 Å². The number of hydrogen-bond acceptors (Lipinski definition) is 3. The van der Waals surface area contributed by atoms with Crippen molar-refractivity contribution in [1.82, 2.24) is 0 Å². The van der Waals surface area contributed by atoms with Gasteiger partial charge in [0.15, 0.2) is 0 Å². The van der Waals surface area contributed by atoms with E-state index < -0.39 is 0 Å². The maximum Gasteiger partial charge on any atom is 0.0782 e. The van der Waals surface area contributed by atoms with Crippen LogP contribution in [0.3, 0.4) is 0 Å². The van der Waals surface area contributed by atoms with Crippen molar-refractivity contribution in [3.63, 3.8) is 0 Å². The summed E-state index contributed by atoms with van der Waals surface area (Å²) in [4.78, 5) is 0. The van der Waals surface area contributed by atoms with Crippen molar-refractivity contribution in [2.75, 3.05) is 19.0 Å². The van der Waals surface area contributed by atoms with E-state index in [9.17, 15) is 0 Å². The van der Waals surface area contributed by atoms with E-state index in [1.807, 2.05) is 38.1 Å². The zero-order chi connectivity index (χ0) is 12.2. The van der Waals surface area contributed by atoms with E-state index in [1.165, 1.54) is 0 Å². The van der Waals surface area contributed by atoms with Gasteiger partial charge in [-0.3, -0.25) is 0 Å². The molecule has 0 bridgehead atoms. The number of anilines is 1. The fourth-order valence-electron chi connectivity index (χ4n) is 1.44. The molecule has 3 nitrogen and oxygen atoms in total. The summed E-state index contributed by atoms with van der Waals surface area (Å²) >= 11 is 5.83. The second kappa shape index (κ2) is 5.53. The summed E-state index contributed by atoms with van der Waals surface area (Å²) in [5.41, 5.74) is 6.49. The Morgan fingerprint density at radius 1 is 1.44 bits per heavy atom. The van der Waals surface area contributed by atoms with Gasteiger partial charge in [-0.25, -0.2) is 0 Å². The number of benzene rings is 1. The fourth-order valence-corrected chi connectivity index (χ4v) is 1.57. The highest BCUT2D eigenvalue weighted by Gasteiger charge is 2.29. The highest BCUT2D eigenvalue weighted by Crippen LogP contribution is 2.21. The second-order valence-corrected chi connectivity index (χ2v) is 4.57. The van der Waals surface area contributed by atoms with Crippen molar-refractivity contribution in [2.24, 2.45) is 5.73 Å². The van der Waals surface area contributed by atoms with Gasteiger partial charge >= 0.3 is 0 Å². The Morgan fingerprint density at radius 3 is 2.44 bits per heavy atom. The van der Waals surface area contributed by atoms with E-state index in [4.69, 9.17) is 22.1 Å². The van der Waals surface area contributed by atoms with E-state index in [2.05, 4.69) is 5.32 Å². The molecule has 0 saturated heterocycles. The Bertz CT molecular complexity index is 328. The molecule has 0 fully saturated rings. The Morgan fingerprint density at radius 2 is 2.00 bits per heavy atom. The molecule has 2 atom stereocenters. The van der Waals surface area contributed by atoms with Crippen LogP contribution in [0.15, 0.2) is 24.3 Å². The lowest BCUT2D eigenvalue weighted by molar-refractivity contribution is 0.0688. The molecule has 2 unspecified atom stereocenters. The number of nitrogens with two attached hydrogens (primary N) is 1. The minimum atomic E-state index is -0.289. The topological polar surface area (TPSA) is 47.3 Å². The molecule has 0 aliphatic heterocycles. The van der Waals surface area contributed by atoms with Crippen molar-refractivity contribution in [1.29, 1.82) is 0 Å². The molecule has 0 aliphatic rings. The Kier molecular flexibility index (Phi) is 4.59. The highest BCUT2D eigenvalue weighted by molar-refractivity contribution is 6.30. The standard InChI is InChI=1S/C12H19ClN2O/c1-9(16-3)12(2,8-14)15-11-6-4-10(13)5-7-11/h4-7,9,15H,8,14H2,1-3H3. The summed E-state index contributed by atoms with van der Waals surface area (Å²) in [5, 5.41) is 4.10. The quantitative estimate of drug-likeness (QED) is 0.834. The van der Waals surface area contributed by atoms with Gasteiger partial charge in [-0.05, 0) is 38.1 Å². The molecule has 0 saturated carbocycles. The average molecular weight is 243 g/mol. The largest absolute Gasteiger partial charge is 0.379 e. The van der Waals surface area contributed by atoms with Gasteiger partial charge in [0, 0.05) is 24.4 Å². The molecule has 3 N–H and O–H groups in total. The molecule has 0 aromatic heterocycles. The number of ether oxygens (including phenoxy) is 1. The molecule has 4 heteroatoms. The lowest BCUT2D eigenvalue weighted by atomic mass is 9.95. The van der Waals surface area contributed by atoms with E-state index in [1.54, 1.807) is 7.11 Å². The minimum Gasteiger partial charge on any atom is -0.379 e. The van der Waals surface area contributed by atoms with Gasteiger partial charge in [-0.15, -0.1) is 0 Å². The van der Waals surface area contributed by atoms with E-state index in [0.29, 0.717) is 6.54 Å². The van der Waals surface area contributed by atoms with Crippen LogP contribution in [0, 0.1) is 0 Å². The van der Waals surface area contributed by atoms with Crippen molar-refractivity contribution < 1.29 is 4.74 Å². The normalized spacial score (nSPS) is 16.6. The van der Waals surface area contributed by atoms with Crippen LogP contribution >= 0.6 is 11.6 Å². The number of methoxy groups -OCH3 is 1. The van der Waals surface area contributed by atoms with Gasteiger partial charge in [0.05, 0.1) is 11.6 Å². The number of rotatable bonds is 5. The zero-order valence-corrected chi connectivity index (χ0v) is 10.7. The summed E-state index contributed by atoms with van der Waals surface area (Å²) in [6.07, 6.45) is 0.0215. The molecular weight excluding hydrogens is 224 g/mol. The van der Waals surface area contributed by atoms with Gasteiger partial charge in [0.2, 0.25) is 0 Å². The van der Waals surface area contributed by atoms with E-state index >= 15 is 0 Å². The molecule has 1 aromatic carbocycles. The summed E-state index contributed by atoms with van der Waals surface area (Å²) in [6, 6.07) is 7.55. The molecule has 0 aliphatic carbocycles. The molecule has 1 aromatic rings. The molecule has 0 amide bonds. The van der Waals surface area contributed by atoms with Gasteiger partial charge in [0.1, 0.15) is 0 Å². The average Bonchev–Trinajstić information content (AvgIpc) is 2.31. The summed E-state index contributed by atoms with van der Waals surface area (Å²) < 4.78 is 5.33. The third-order valence-electron chi connectivity index (χ3n) is 2.95. The van der Waals surface area contributed by atoms with Crippen LogP contribution in [0.25, 0.3) is 0 Å². The van der Waals surface area contributed by atoms with Crippen molar-refractivity contribution in [3.8, 4) is 0 Å². The third-order valence-corrected chi connectivity index (χ3v) is 3.20. The Balaban J connectivity index is 2.80. The first-order chi connectivity index (χ1) is 7.51. The van der Waals surface area contributed by atoms with Crippen LogP contribution < -0.4 is 11.1 Å². The summed E-state index contributed by atoms with van der Waals surface area (Å²) in [7, 11) is 1.68. The first-order valence-corrected chi connectivity index (χ1v) is 5.66. The molecule has 0 radical (unpaired) electrons. The van der Waals surface area contributed by atoms with Gasteiger partial charge < -0.3 is 15.8 Å². The number of halogens is 1. The first-order valence-electron chi connectivity index (χ1n) is 5.28. The number of nitrogens with one attached hydrogen (secondary N) is 1. The van der Waals surface area contributed by atoms with E-state index in [-0.39, 0.29) is 11.6 Å². The second-order valence-electron chi connectivity index (χ2n) is 4.13. The molecular formula is C12H19ClN2O. The molecule has 90 valence electrons. The van der Waals surface area contributed by atoms with Gasteiger partial charge in [0.25, 0.3) is 0 Å². The van der Waals surface area contributed by atoms with E-state index in [0.717, 1.165) is 10.7 Å². The SMILES string of the molecule is COC(C)C(C)(CN)Nc1ccc(Cl)cc1. The predicted molar refractivity (Wildman–Crippen MR) is 69.0 cm³/mol. The lowest BCUT2D eigenvalue weighted by Gasteiger charge is -2.35. The zero-order valence-electron chi connectivity index (χ0n) is 9.96. The monoisotopic (exact) mass is 242 g/mol. The molecule has 0 heterocycles. The summed E-state index contributed by atoms with van der Waals surface area (Å²) in [5.74, 6) is 0. The lowest BCUT2D eigenvalue weighted by Crippen LogP contribution is -2.51. The molecule has 16 heavy (non-hydrogen) atoms. The Hall–Kier alpha value is -0.770. The van der Waals surface area contributed by atoms with Crippen molar-refractivity contribution >= 4 is 17.3 Å².